The van der Waals surface area contributed by atoms with E-state index < -0.39 is 31.5 Å². The molecular formula is C16H22F3NO4. The van der Waals surface area contributed by atoms with E-state index in [9.17, 15) is 18.0 Å². The summed E-state index contributed by atoms with van der Waals surface area (Å²) in [7, 11) is 2.83. The molecule has 24 heavy (non-hydrogen) atoms. The zero-order valence-corrected chi connectivity index (χ0v) is 13.7. The molecule has 0 aliphatic carbocycles. The lowest BCUT2D eigenvalue weighted by atomic mass is 10.00. The van der Waals surface area contributed by atoms with E-state index in [4.69, 9.17) is 15.2 Å². The summed E-state index contributed by atoms with van der Waals surface area (Å²) in [5.41, 5.74) is 5.96. The smallest absolute Gasteiger partial charge is 0.404 e. The van der Waals surface area contributed by atoms with E-state index in [0.717, 1.165) is 0 Å². The quantitative estimate of drug-likeness (QED) is 0.705. The summed E-state index contributed by atoms with van der Waals surface area (Å²) in [6.07, 6.45) is -5.05. The molecule has 0 heterocycles. The second-order valence-corrected chi connectivity index (χ2v) is 5.11. The number of rotatable bonds is 10. The summed E-state index contributed by atoms with van der Waals surface area (Å²) in [5.74, 6) is 0.770. The highest BCUT2D eigenvalue weighted by Crippen LogP contribution is 2.31. The van der Waals surface area contributed by atoms with Gasteiger partial charge in [0.15, 0.2) is 0 Å². The van der Waals surface area contributed by atoms with Gasteiger partial charge in [-0.05, 0) is 12.1 Å². The number of carbonyl (C=O) groups is 1. The van der Waals surface area contributed by atoms with E-state index in [1.54, 1.807) is 6.07 Å². The highest BCUT2D eigenvalue weighted by atomic mass is 19.2. The SMILES string of the molecule is COc1cc(CC(F)C(F)CCF)c(OC)cc1CCOC(N)=O. The summed E-state index contributed by atoms with van der Waals surface area (Å²) in [6, 6.07) is 3.14. The Bertz CT molecular complexity index is 542. The normalized spacial score (nSPS) is 13.2. The van der Waals surface area contributed by atoms with E-state index in [1.807, 2.05) is 0 Å². The number of hydrogen-bond donors (Lipinski definition) is 1. The Morgan fingerprint density at radius 3 is 2.25 bits per heavy atom. The van der Waals surface area contributed by atoms with Crippen LogP contribution in [-0.2, 0) is 17.6 Å². The monoisotopic (exact) mass is 349 g/mol. The van der Waals surface area contributed by atoms with Crippen molar-refractivity contribution < 1.29 is 32.2 Å². The van der Waals surface area contributed by atoms with Gasteiger partial charge in [-0.25, -0.2) is 13.6 Å². The Hall–Kier alpha value is -2.12. The average molecular weight is 349 g/mol. The van der Waals surface area contributed by atoms with Crippen molar-refractivity contribution in [2.24, 2.45) is 5.73 Å². The molecule has 5 nitrogen and oxygen atoms in total. The third kappa shape index (κ3) is 5.82. The van der Waals surface area contributed by atoms with Crippen LogP contribution in [0.1, 0.15) is 17.5 Å². The Morgan fingerprint density at radius 2 is 1.71 bits per heavy atom. The van der Waals surface area contributed by atoms with Crippen molar-refractivity contribution in [2.45, 2.75) is 31.6 Å². The summed E-state index contributed by atoms with van der Waals surface area (Å²) < 4.78 is 54.6. The molecule has 0 radical (unpaired) electrons. The summed E-state index contributed by atoms with van der Waals surface area (Å²) in [4.78, 5) is 10.6. The Morgan fingerprint density at radius 1 is 1.12 bits per heavy atom. The predicted molar refractivity (Wildman–Crippen MR) is 82.9 cm³/mol. The lowest BCUT2D eigenvalue weighted by Gasteiger charge is -2.17. The van der Waals surface area contributed by atoms with E-state index in [0.29, 0.717) is 29.0 Å². The summed E-state index contributed by atoms with van der Waals surface area (Å²) in [6.45, 7) is -0.871. The van der Waals surface area contributed by atoms with Crippen LogP contribution in [0.25, 0.3) is 0 Å². The fourth-order valence-electron chi connectivity index (χ4n) is 2.26. The molecule has 8 heteroatoms. The first kappa shape index (κ1) is 19.9. The molecular weight excluding hydrogens is 327 g/mol. The largest absolute Gasteiger partial charge is 0.496 e. The van der Waals surface area contributed by atoms with E-state index in [1.165, 1.54) is 20.3 Å². The van der Waals surface area contributed by atoms with Gasteiger partial charge in [-0.15, -0.1) is 0 Å². The van der Waals surface area contributed by atoms with Gasteiger partial charge in [0, 0.05) is 30.4 Å². The van der Waals surface area contributed by atoms with Crippen LogP contribution < -0.4 is 15.2 Å². The first-order valence-electron chi connectivity index (χ1n) is 7.43. The van der Waals surface area contributed by atoms with Gasteiger partial charge in [-0.3, -0.25) is 4.39 Å². The number of benzene rings is 1. The van der Waals surface area contributed by atoms with Crippen LogP contribution in [0.5, 0.6) is 11.5 Å². The fraction of sp³-hybridized carbons (Fsp3) is 0.562. The molecule has 1 aromatic rings. The number of nitrogens with two attached hydrogens (primary N) is 1. The Kier molecular flexibility index (Phi) is 8.21. The minimum absolute atomic E-state index is 0.0446. The molecule has 0 spiro atoms. The van der Waals surface area contributed by atoms with Crippen molar-refractivity contribution in [2.75, 3.05) is 27.5 Å². The number of halogens is 3. The lowest BCUT2D eigenvalue weighted by Crippen LogP contribution is -2.21. The molecule has 0 aromatic heterocycles. The molecule has 0 aliphatic heterocycles. The van der Waals surface area contributed by atoms with E-state index in [2.05, 4.69) is 4.74 Å². The van der Waals surface area contributed by atoms with Crippen LogP contribution in [-0.4, -0.2) is 45.9 Å². The first-order chi connectivity index (χ1) is 11.4. The van der Waals surface area contributed by atoms with Crippen molar-refractivity contribution in [1.82, 2.24) is 0 Å². The van der Waals surface area contributed by atoms with Gasteiger partial charge in [-0.1, -0.05) is 0 Å². The molecule has 0 saturated heterocycles. The molecule has 136 valence electrons. The molecule has 0 aliphatic rings. The second kappa shape index (κ2) is 9.89. The minimum atomic E-state index is -1.88. The molecule has 2 N–H and O–H groups in total. The van der Waals surface area contributed by atoms with Crippen molar-refractivity contribution in [3.63, 3.8) is 0 Å². The zero-order valence-electron chi connectivity index (χ0n) is 13.7. The summed E-state index contributed by atoms with van der Waals surface area (Å²) in [5, 5.41) is 0. The van der Waals surface area contributed by atoms with Crippen molar-refractivity contribution in [3.8, 4) is 11.5 Å². The zero-order chi connectivity index (χ0) is 18.1. The van der Waals surface area contributed by atoms with Crippen molar-refractivity contribution >= 4 is 6.09 Å². The maximum atomic E-state index is 13.9. The van der Waals surface area contributed by atoms with Gasteiger partial charge in [-0.2, -0.15) is 0 Å². The van der Waals surface area contributed by atoms with Gasteiger partial charge in [0.1, 0.15) is 23.8 Å². The number of hydrogen-bond acceptors (Lipinski definition) is 4. The van der Waals surface area contributed by atoms with Gasteiger partial charge < -0.3 is 19.9 Å². The minimum Gasteiger partial charge on any atom is -0.496 e. The third-order valence-corrected chi connectivity index (χ3v) is 3.49. The number of ether oxygens (including phenoxy) is 3. The topological polar surface area (TPSA) is 70.8 Å². The number of primary amides is 1. The predicted octanol–water partition coefficient (Wildman–Crippen LogP) is 2.92. The van der Waals surface area contributed by atoms with Crippen molar-refractivity contribution in [3.05, 3.63) is 23.3 Å². The molecule has 0 bridgehead atoms. The number of amides is 1. The summed E-state index contributed by atoms with van der Waals surface area (Å²) >= 11 is 0. The fourth-order valence-corrected chi connectivity index (χ4v) is 2.26. The molecule has 1 aromatic carbocycles. The first-order valence-corrected chi connectivity index (χ1v) is 7.43. The van der Waals surface area contributed by atoms with Crippen LogP contribution in [0.2, 0.25) is 0 Å². The molecule has 1 rings (SSSR count). The van der Waals surface area contributed by atoms with Crippen LogP contribution in [0.3, 0.4) is 0 Å². The number of methoxy groups -OCH3 is 2. The third-order valence-electron chi connectivity index (χ3n) is 3.49. The van der Waals surface area contributed by atoms with Gasteiger partial charge >= 0.3 is 6.09 Å². The van der Waals surface area contributed by atoms with Crippen LogP contribution in [0.15, 0.2) is 12.1 Å². The second-order valence-electron chi connectivity index (χ2n) is 5.11. The molecule has 2 unspecified atom stereocenters. The lowest BCUT2D eigenvalue weighted by molar-refractivity contribution is 0.147. The van der Waals surface area contributed by atoms with Crippen LogP contribution >= 0.6 is 0 Å². The molecule has 2 atom stereocenters. The average Bonchev–Trinajstić information content (AvgIpc) is 2.55. The highest BCUT2D eigenvalue weighted by Gasteiger charge is 2.23. The maximum absolute atomic E-state index is 13.9. The maximum Gasteiger partial charge on any atom is 0.404 e. The van der Waals surface area contributed by atoms with Gasteiger partial charge in [0.05, 0.1) is 27.5 Å². The Balaban J connectivity index is 2.94. The highest BCUT2D eigenvalue weighted by molar-refractivity contribution is 5.64. The Labute approximate surface area is 138 Å². The van der Waals surface area contributed by atoms with Gasteiger partial charge in [0.25, 0.3) is 0 Å². The van der Waals surface area contributed by atoms with Crippen molar-refractivity contribution in [1.29, 1.82) is 0 Å². The molecule has 0 fully saturated rings. The van der Waals surface area contributed by atoms with E-state index in [-0.39, 0.29) is 13.0 Å². The van der Waals surface area contributed by atoms with E-state index >= 15 is 0 Å². The standard InChI is InChI=1S/C16H22F3NO4/c1-22-14-9-11(7-13(19)12(18)3-5-17)15(23-2)8-10(14)4-6-24-16(20)21/h8-9,12-13H,3-7H2,1-2H3,(H2,20,21). The van der Waals surface area contributed by atoms with Gasteiger partial charge in [0.2, 0.25) is 0 Å². The van der Waals surface area contributed by atoms with Crippen LogP contribution in [0, 0.1) is 0 Å². The molecule has 0 saturated carbocycles. The molecule has 1 amide bonds. The number of carbonyl (C=O) groups excluding carboxylic acids is 1. The number of alkyl halides is 3. The van der Waals surface area contributed by atoms with Crippen LogP contribution in [0.4, 0.5) is 18.0 Å².